The standard InChI is InChI=1S/C83H148O17P2/c1-5-9-13-17-21-25-29-33-36-37-38-39-42-45-48-52-56-60-64-68-81(86)94-74-79(100-83(88)70-66-62-58-54-50-46-41-35-31-27-23-19-15-11-7-3)76-98-102(91,92)96-72-77(84)71-95-101(89,90)97-75-78(99-82(87)69-65-61-57-53-49-43-32-28-24-20-16-12-8-4)73-93-80(85)67-63-59-55-51-47-44-40-34-30-26-22-18-14-10-6-2/h11,15,21,23,25,27,33-36,38-41,77-79,84H,5-10,12-14,16-20,22,24,26,28-32,37,42-76H2,1-4H3,(H,89,90)(H,91,92)/b15-11-,25-21-,27-23-,36-33-,39-38-,40-34-,41-35-. The number of phosphoric ester groups is 2. The second-order valence-electron chi connectivity index (χ2n) is 27.3. The molecule has 0 aromatic rings. The maximum atomic E-state index is 13.1. The summed E-state index contributed by atoms with van der Waals surface area (Å²) in [5.74, 6) is -2.19. The van der Waals surface area contributed by atoms with Gasteiger partial charge in [0.15, 0.2) is 12.2 Å². The van der Waals surface area contributed by atoms with Gasteiger partial charge in [-0.25, -0.2) is 9.13 Å². The van der Waals surface area contributed by atoms with E-state index < -0.39 is 97.5 Å². The van der Waals surface area contributed by atoms with Gasteiger partial charge in [0.1, 0.15) is 19.3 Å². The Morgan fingerprint density at radius 3 is 0.814 bits per heavy atom. The monoisotopic (exact) mass is 1480 g/mol. The number of hydrogen-bond acceptors (Lipinski definition) is 15. The van der Waals surface area contributed by atoms with Gasteiger partial charge in [-0.3, -0.25) is 37.3 Å². The number of hydrogen-bond donors (Lipinski definition) is 3. The molecular formula is C83H148O17P2. The molecule has 5 atom stereocenters. The smallest absolute Gasteiger partial charge is 0.462 e. The van der Waals surface area contributed by atoms with Gasteiger partial charge in [-0.2, -0.15) is 0 Å². The summed E-state index contributed by atoms with van der Waals surface area (Å²) >= 11 is 0. The van der Waals surface area contributed by atoms with Crippen molar-refractivity contribution in [2.75, 3.05) is 39.6 Å². The van der Waals surface area contributed by atoms with Gasteiger partial charge in [0.25, 0.3) is 0 Å². The molecule has 0 heterocycles. The van der Waals surface area contributed by atoms with Crippen molar-refractivity contribution >= 4 is 39.5 Å². The molecule has 0 saturated heterocycles. The van der Waals surface area contributed by atoms with E-state index in [1.165, 1.54) is 109 Å². The Kier molecular flexibility index (Phi) is 72.7. The quantitative estimate of drug-likeness (QED) is 0.0169. The fraction of sp³-hybridized carbons (Fsp3) is 0.783. The van der Waals surface area contributed by atoms with Crippen LogP contribution in [0, 0.1) is 0 Å². The van der Waals surface area contributed by atoms with E-state index in [9.17, 15) is 43.2 Å². The molecule has 0 spiro atoms. The van der Waals surface area contributed by atoms with Gasteiger partial charge in [-0.1, -0.05) is 299 Å². The highest BCUT2D eigenvalue weighted by Gasteiger charge is 2.30. The molecule has 19 heteroatoms. The first-order valence-corrected chi connectivity index (χ1v) is 43.8. The van der Waals surface area contributed by atoms with Crippen LogP contribution in [0.1, 0.15) is 362 Å². The van der Waals surface area contributed by atoms with Crippen LogP contribution in [0.4, 0.5) is 0 Å². The van der Waals surface area contributed by atoms with Crippen molar-refractivity contribution in [3.8, 4) is 0 Å². The van der Waals surface area contributed by atoms with E-state index in [0.717, 1.165) is 173 Å². The number of aliphatic hydroxyl groups is 1. The summed E-state index contributed by atoms with van der Waals surface area (Å²) < 4.78 is 68.6. The van der Waals surface area contributed by atoms with Crippen molar-refractivity contribution in [1.29, 1.82) is 0 Å². The zero-order valence-electron chi connectivity index (χ0n) is 64.8. The Bertz CT molecular complexity index is 2260. The molecule has 0 saturated carbocycles. The number of allylic oxidation sites excluding steroid dienone is 14. The third kappa shape index (κ3) is 74.5. The largest absolute Gasteiger partial charge is 0.472 e. The molecule has 592 valence electrons. The predicted molar refractivity (Wildman–Crippen MR) is 418 cm³/mol. The lowest BCUT2D eigenvalue weighted by Gasteiger charge is -2.21. The molecule has 0 aromatic heterocycles. The molecule has 0 amide bonds. The Balaban J connectivity index is 5.35. The summed E-state index contributed by atoms with van der Waals surface area (Å²) in [4.78, 5) is 73.0. The average Bonchev–Trinajstić information content (AvgIpc) is 0.907. The van der Waals surface area contributed by atoms with E-state index in [-0.39, 0.29) is 25.7 Å². The summed E-state index contributed by atoms with van der Waals surface area (Å²) in [5, 5.41) is 10.6. The van der Waals surface area contributed by atoms with Crippen molar-refractivity contribution in [2.24, 2.45) is 0 Å². The fourth-order valence-corrected chi connectivity index (χ4v) is 12.7. The Hall–Kier alpha value is -3.76. The third-order valence-corrected chi connectivity index (χ3v) is 19.2. The Morgan fingerprint density at radius 2 is 0.510 bits per heavy atom. The van der Waals surface area contributed by atoms with Crippen LogP contribution in [0.3, 0.4) is 0 Å². The second kappa shape index (κ2) is 75.5. The third-order valence-electron chi connectivity index (χ3n) is 17.3. The SMILES string of the molecule is CC/C=C\C/C=C\C/C=C\CCCCCCCC(=O)OC(COC(=O)CCCCCCCC/C=C\C/C=C\C/C=C\CCCCC)COP(=O)(O)OCC(O)COP(=O)(O)OCC(COC(=O)CCCCCCC/C=C\CCCCCCCC)OC(=O)CCCCCCCCCCCCCCC. The van der Waals surface area contributed by atoms with Crippen molar-refractivity contribution in [3.63, 3.8) is 0 Å². The van der Waals surface area contributed by atoms with Crippen LogP contribution in [0.15, 0.2) is 85.1 Å². The van der Waals surface area contributed by atoms with Gasteiger partial charge in [0.05, 0.1) is 26.4 Å². The number of esters is 4. The van der Waals surface area contributed by atoms with Crippen LogP contribution in [0.5, 0.6) is 0 Å². The van der Waals surface area contributed by atoms with E-state index in [2.05, 4.69) is 113 Å². The number of phosphoric acid groups is 2. The summed E-state index contributed by atoms with van der Waals surface area (Å²) in [6.45, 7) is 4.75. The van der Waals surface area contributed by atoms with Crippen molar-refractivity contribution in [1.82, 2.24) is 0 Å². The zero-order valence-corrected chi connectivity index (χ0v) is 66.6. The van der Waals surface area contributed by atoms with Gasteiger partial charge in [0, 0.05) is 25.7 Å². The lowest BCUT2D eigenvalue weighted by Crippen LogP contribution is -2.30. The van der Waals surface area contributed by atoms with Crippen LogP contribution in [0.25, 0.3) is 0 Å². The highest BCUT2D eigenvalue weighted by atomic mass is 31.2. The first-order chi connectivity index (χ1) is 49.7. The number of carbonyl (C=O) groups is 4. The van der Waals surface area contributed by atoms with E-state index in [0.29, 0.717) is 25.7 Å². The number of carbonyl (C=O) groups excluding carboxylic acids is 4. The molecule has 0 aliphatic rings. The Morgan fingerprint density at radius 1 is 0.284 bits per heavy atom. The molecule has 0 rings (SSSR count). The summed E-state index contributed by atoms with van der Waals surface area (Å²) in [5.41, 5.74) is 0. The molecule has 5 unspecified atom stereocenters. The minimum absolute atomic E-state index is 0.0735. The summed E-state index contributed by atoms with van der Waals surface area (Å²) in [7, 11) is -9.96. The lowest BCUT2D eigenvalue weighted by molar-refractivity contribution is -0.161. The van der Waals surface area contributed by atoms with Gasteiger partial charge >= 0.3 is 39.5 Å². The number of aliphatic hydroxyl groups excluding tert-OH is 1. The molecule has 17 nitrogen and oxygen atoms in total. The maximum Gasteiger partial charge on any atom is 0.472 e. The predicted octanol–water partition coefficient (Wildman–Crippen LogP) is 23.8. The number of rotatable bonds is 77. The highest BCUT2D eigenvalue weighted by Crippen LogP contribution is 2.45. The molecule has 0 fully saturated rings. The molecular weight excluding hydrogens is 1330 g/mol. The van der Waals surface area contributed by atoms with E-state index in [4.69, 9.17) is 37.0 Å². The van der Waals surface area contributed by atoms with Gasteiger partial charge in [-0.05, 0) is 122 Å². The fourth-order valence-electron chi connectivity index (χ4n) is 11.1. The minimum atomic E-state index is -4.98. The van der Waals surface area contributed by atoms with Crippen molar-refractivity contribution in [3.05, 3.63) is 85.1 Å². The lowest BCUT2D eigenvalue weighted by atomic mass is 10.0. The first kappa shape index (κ1) is 98.2. The highest BCUT2D eigenvalue weighted by molar-refractivity contribution is 7.47. The molecule has 102 heavy (non-hydrogen) atoms. The van der Waals surface area contributed by atoms with E-state index in [1.807, 2.05) is 0 Å². The van der Waals surface area contributed by atoms with Gasteiger partial charge in [0.2, 0.25) is 0 Å². The van der Waals surface area contributed by atoms with Crippen LogP contribution in [-0.4, -0.2) is 96.7 Å². The Labute approximate surface area is 621 Å². The van der Waals surface area contributed by atoms with Crippen molar-refractivity contribution in [2.45, 2.75) is 380 Å². The summed E-state index contributed by atoms with van der Waals surface area (Å²) in [6, 6.07) is 0. The van der Waals surface area contributed by atoms with Crippen LogP contribution < -0.4 is 0 Å². The van der Waals surface area contributed by atoms with Crippen LogP contribution in [-0.2, 0) is 65.4 Å². The molecule has 0 aromatic carbocycles. The molecule has 0 radical (unpaired) electrons. The van der Waals surface area contributed by atoms with Gasteiger partial charge in [-0.15, -0.1) is 0 Å². The zero-order chi connectivity index (χ0) is 74.6. The molecule has 0 bridgehead atoms. The average molecular weight is 1480 g/mol. The molecule has 3 N–H and O–H groups in total. The summed E-state index contributed by atoms with van der Waals surface area (Å²) in [6.07, 6.45) is 78.4. The first-order valence-electron chi connectivity index (χ1n) is 40.8. The minimum Gasteiger partial charge on any atom is -0.462 e. The maximum absolute atomic E-state index is 13.1. The van der Waals surface area contributed by atoms with Crippen LogP contribution >= 0.6 is 15.6 Å². The molecule has 0 aliphatic carbocycles. The van der Waals surface area contributed by atoms with Gasteiger partial charge < -0.3 is 33.8 Å². The van der Waals surface area contributed by atoms with E-state index in [1.54, 1.807) is 0 Å². The van der Waals surface area contributed by atoms with Crippen LogP contribution in [0.2, 0.25) is 0 Å². The topological polar surface area (TPSA) is 237 Å². The second-order valence-corrected chi connectivity index (χ2v) is 30.2. The number of ether oxygens (including phenoxy) is 4. The normalized spacial score (nSPS) is 14.3. The van der Waals surface area contributed by atoms with E-state index >= 15 is 0 Å². The molecule has 0 aliphatic heterocycles. The number of unbranched alkanes of at least 4 members (excludes halogenated alkanes) is 37. The van der Waals surface area contributed by atoms with Crippen molar-refractivity contribution < 1.29 is 80.2 Å².